The van der Waals surface area contributed by atoms with Crippen LogP contribution in [-0.4, -0.2) is 22.7 Å². The molecule has 1 aromatic carbocycles. The SMILES string of the molecule is CNC(=O)Cc1ccc(NCc2cnn(C(C)C)c2)cc1. The molecule has 0 fully saturated rings. The first-order valence-electron chi connectivity index (χ1n) is 7.15. The van der Waals surface area contributed by atoms with Crippen LogP contribution in [0.2, 0.25) is 0 Å². The minimum atomic E-state index is 0.0248. The van der Waals surface area contributed by atoms with E-state index in [1.807, 2.05) is 35.1 Å². The van der Waals surface area contributed by atoms with Crippen LogP contribution < -0.4 is 10.6 Å². The molecule has 0 aliphatic rings. The van der Waals surface area contributed by atoms with Gasteiger partial charge in [0.25, 0.3) is 0 Å². The number of aromatic nitrogens is 2. The molecule has 0 saturated carbocycles. The third-order valence-electron chi connectivity index (χ3n) is 3.28. The lowest BCUT2D eigenvalue weighted by Gasteiger charge is -2.07. The third kappa shape index (κ3) is 4.34. The quantitative estimate of drug-likeness (QED) is 0.857. The molecule has 2 rings (SSSR count). The lowest BCUT2D eigenvalue weighted by atomic mass is 10.1. The Morgan fingerprint density at radius 2 is 1.95 bits per heavy atom. The van der Waals surface area contributed by atoms with Gasteiger partial charge in [-0.15, -0.1) is 0 Å². The van der Waals surface area contributed by atoms with Crippen molar-refractivity contribution >= 4 is 11.6 Å². The molecule has 0 spiro atoms. The number of nitrogens with one attached hydrogen (secondary N) is 2. The summed E-state index contributed by atoms with van der Waals surface area (Å²) >= 11 is 0. The Bertz CT molecular complexity index is 587. The van der Waals surface area contributed by atoms with E-state index in [0.29, 0.717) is 12.5 Å². The summed E-state index contributed by atoms with van der Waals surface area (Å²) in [6.45, 7) is 4.95. The van der Waals surface area contributed by atoms with Crippen molar-refractivity contribution < 1.29 is 4.79 Å². The smallest absolute Gasteiger partial charge is 0.224 e. The molecule has 0 saturated heterocycles. The van der Waals surface area contributed by atoms with Gasteiger partial charge in [0.15, 0.2) is 0 Å². The molecular weight excluding hydrogens is 264 g/mol. The van der Waals surface area contributed by atoms with Gasteiger partial charge >= 0.3 is 0 Å². The van der Waals surface area contributed by atoms with E-state index in [0.717, 1.165) is 23.4 Å². The topological polar surface area (TPSA) is 59.0 Å². The number of rotatable bonds is 6. The number of carbonyl (C=O) groups is 1. The summed E-state index contributed by atoms with van der Waals surface area (Å²) in [7, 11) is 1.65. The number of hydrogen-bond acceptors (Lipinski definition) is 3. The zero-order valence-corrected chi connectivity index (χ0v) is 12.8. The van der Waals surface area contributed by atoms with Crippen LogP contribution in [0.1, 0.15) is 31.0 Å². The minimum Gasteiger partial charge on any atom is -0.381 e. The van der Waals surface area contributed by atoms with Gasteiger partial charge in [-0.2, -0.15) is 5.10 Å². The molecular formula is C16H22N4O. The van der Waals surface area contributed by atoms with Gasteiger partial charge < -0.3 is 10.6 Å². The summed E-state index contributed by atoms with van der Waals surface area (Å²) in [6, 6.07) is 8.29. The van der Waals surface area contributed by atoms with Crippen molar-refractivity contribution in [2.24, 2.45) is 0 Å². The second kappa shape index (κ2) is 6.92. The summed E-state index contributed by atoms with van der Waals surface area (Å²) in [4.78, 5) is 11.3. The van der Waals surface area contributed by atoms with Gasteiger partial charge in [-0.1, -0.05) is 12.1 Å². The standard InChI is InChI=1S/C16H22N4O/c1-12(2)20-11-14(10-19-20)9-18-15-6-4-13(5-7-15)8-16(21)17-3/h4-7,10-12,18H,8-9H2,1-3H3,(H,17,21). The lowest BCUT2D eigenvalue weighted by Crippen LogP contribution is -2.19. The molecule has 0 atom stereocenters. The highest BCUT2D eigenvalue weighted by molar-refractivity contribution is 5.78. The van der Waals surface area contributed by atoms with E-state index in [9.17, 15) is 4.79 Å². The zero-order chi connectivity index (χ0) is 15.2. The molecule has 21 heavy (non-hydrogen) atoms. The van der Waals surface area contributed by atoms with Gasteiger partial charge in [0.05, 0.1) is 12.6 Å². The Morgan fingerprint density at radius 3 is 2.52 bits per heavy atom. The second-order valence-electron chi connectivity index (χ2n) is 5.32. The van der Waals surface area contributed by atoms with E-state index >= 15 is 0 Å². The van der Waals surface area contributed by atoms with Crippen LogP contribution in [0.5, 0.6) is 0 Å². The molecule has 1 amide bonds. The van der Waals surface area contributed by atoms with E-state index in [4.69, 9.17) is 0 Å². The lowest BCUT2D eigenvalue weighted by molar-refractivity contribution is -0.119. The van der Waals surface area contributed by atoms with E-state index in [2.05, 4.69) is 35.8 Å². The largest absolute Gasteiger partial charge is 0.381 e. The Hall–Kier alpha value is -2.30. The van der Waals surface area contributed by atoms with Crippen molar-refractivity contribution in [3.05, 3.63) is 47.8 Å². The Morgan fingerprint density at radius 1 is 1.24 bits per heavy atom. The van der Waals surface area contributed by atoms with E-state index in [1.165, 1.54) is 0 Å². The predicted molar refractivity (Wildman–Crippen MR) is 84.2 cm³/mol. The molecule has 1 heterocycles. The average molecular weight is 286 g/mol. The molecule has 0 unspecified atom stereocenters. The van der Waals surface area contributed by atoms with Crippen molar-refractivity contribution in [1.82, 2.24) is 15.1 Å². The molecule has 0 radical (unpaired) electrons. The number of benzene rings is 1. The summed E-state index contributed by atoms with van der Waals surface area (Å²) in [5, 5.41) is 10.3. The first-order chi connectivity index (χ1) is 10.1. The number of anilines is 1. The normalized spacial score (nSPS) is 10.7. The zero-order valence-electron chi connectivity index (χ0n) is 12.8. The first-order valence-corrected chi connectivity index (χ1v) is 7.15. The maximum Gasteiger partial charge on any atom is 0.224 e. The van der Waals surface area contributed by atoms with Crippen LogP contribution in [0.25, 0.3) is 0 Å². The highest BCUT2D eigenvalue weighted by Crippen LogP contribution is 2.12. The molecule has 2 N–H and O–H groups in total. The number of carbonyl (C=O) groups excluding carboxylic acids is 1. The van der Waals surface area contributed by atoms with E-state index in [1.54, 1.807) is 7.05 Å². The van der Waals surface area contributed by atoms with Crippen LogP contribution in [-0.2, 0) is 17.8 Å². The minimum absolute atomic E-state index is 0.0248. The second-order valence-corrected chi connectivity index (χ2v) is 5.32. The predicted octanol–water partition coefficient (Wildman–Crippen LogP) is 2.36. The van der Waals surface area contributed by atoms with Gasteiger partial charge in [-0.05, 0) is 31.5 Å². The number of amides is 1. The van der Waals surface area contributed by atoms with Gasteiger partial charge in [0.1, 0.15) is 0 Å². The van der Waals surface area contributed by atoms with Gasteiger partial charge in [-0.3, -0.25) is 9.48 Å². The van der Waals surface area contributed by atoms with Gasteiger partial charge in [-0.25, -0.2) is 0 Å². The Labute approximate surface area is 125 Å². The molecule has 5 heteroatoms. The maximum atomic E-state index is 11.3. The van der Waals surface area contributed by atoms with Crippen molar-refractivity contribution in [3.63, 3.8) is 0 Å². The number of nitrogens with zero attached hydrogens (tertiary/aromatic N) is 2. The summed E-state index contributed by atoms with van der Waals surface area (Å²) in [5.74, 6) is 0.0248. The highest BCUT2D eigenvalue weighted by atomic mass is 16.1. The van der Waals surface area contributed by atoms with E-state index in [-0.39, 0.29) is 5.91 Å². The first kappa shape index (κ1) is 15.1. The molecule has 0 aliphatic heterocycles. The molecule has 5 nitrogen and oxygen atoms in total. The number of hydrogen-bond donors (Lipinski definition) is 2. The number of likely N-dealkylation sites (N-methyl/N-ethyl adjacent to an activating group) is 1. The molecule has 1 aromatic heterocycles. The third-order valence-corrected chi connectivity index (χ3v) is 3.28. The monoisotopic (exact) mass is 286 g/mol. The van der Waals surface area contributed by atoms with Crippen LogP contribution in [0.15, 0.2) is 36.7 Å². The molecule has 2 aromatic rings. The van der Waals surface area contributed by atoms with Crippen molar-refractivity contribution in [2.45, 2.75) is 32.9 Å². The van der Waals surface area contributed by atoms with Crippen molar-refractivity contribution in [1.29, 1.82) is 0 Å². The average Bonchev–Trinajstić information content (AvgIpc) is 2.95. The molecule has 0 bridgehead atoms. The van der Waals surface area contributed by atoms with Crippen molar-refractivity contribution in [3.8, 4) is 0 Å². The summed E-state index contributed by atoms with van der Waals surface area (Å²) in [5.41, 5.74) is 3.19. The van der Waals surface area contributed by atoms with Crippen LogP contribution >= 0.6 is 0 Å². The van der Waals surface area contributed by atoms with Gasteiger partial charge in [0.2, 0.25) is 5.91 Å². The van der Waals surface area contributed by atoms with Crippen LogP contribution in [0, 0.1) is 0 Å². The summed E-state index contributed by atoms with van der Waals surface area (Å²) < 4.78 is 1.95. The molecule has 112 valence electrons. The summed E-state index contributed by atoms with van der Waals surface area (Å²) in [6.07, 6.45) is 4.35. The fraction of sp³-hybridized carbons (Fsp3) is 0.375. The van der Waals surface area contributed by atoms with E-state index < -0.39 is 0 Å². The highest BCUT2D eigenvalue weighted by Gasteiger charge is 2.03. The fourth-order valence-corrected chi connectivity index (χ4v) is 1.97. The van der Waals surface area contributed by atoms with Crippen molar-refractivity contribution in [2.75, 3.05) is 12.4 Å². The van der Waals surface area contributed by atoms with Gasteiger partial charge in [0, 0.05) is 37.1 Å². The molecule has 0 aliphatic carbocycles. The van der Waals surface area contributed by atoms with Crippen LogP contribution in [0.3, 0.4) is 0 Å². The fourth-order valence-electron chi connectivity index (χ4n) is 1.97. The Balaban J connectivity index is 1.89. The maximum absolute atomic E-state index is 11.3. The Kier molecular flexibility index (Phi) is 4.98. The van der Waals surface area contributed by atoms with Crippen LogP contribution in [0.4, 0.5) is 5.69 Å².